The molecule has 1 heterocycles. The van der Waals surface area contributed by atoms with Crippen molar-refractivity contribution < 1.29 is 4.79 Å². The molecule has 1 N–H and O–H groups in total. The van der Waals surface area contributed by atoms with E-state index in [0.29, 0.717) is 23.5 Å². The average Bonchev–Trinajstić information content (AvgIpc) is 2.84. The molecule has 1 aliphatic heterocycles. The van der Waals surface area contributed by atoms with E-state index in [1.807, 2.05) is 25.2 Å². The van der Waals surface area contributed by atoms with Gasteiger partial charge in [0.15, 0.2) is 0 Å². The molecule has 0 bridgehead atoms. The molecule has 0 atom stereocenters. The van der Waals surface area contributed by atoms with Crippen molar-refractivity contribution in [2.45, 2.75) is 26.2 Å². The quantitative estimate of drug-likeness (QED) is 0.167. The number of hydrogen-bond acceptors (Lipinski definition) is 5. The van der Waals surface area contributed by atoms with Gasteiger partial charge in [0.2, 0.25) is 0 Å². The zero-order valence-electron chi connectivity index (χ0n) is 19.5. The van der Waals surface area contributed by atoms with Gasteiger partial charge in [0.05, 0.1) is 6.34 Å². The number of aliphatic imine (C=N–C) groups is 1. The molecule has 0 unspecified atom stereocenters. The molecule has 2 rings (SSSR count). The fourth-order valence-corrected chi connectivity index (χ4v) is 3.35. The van der Waals surface area contributed by atoms with Gasteiger partial charge in [-0.05, 0) is 61.2 Å². The lowest BCUT2D eigenvalue weighted by molar-refractivity contribution is -0.118. The molecule has 0 aromatic heterocycles. The first-order valence-electron chi connectivity index (χ1n) is 11.0. The Morgan fingerprint density at radius 1 is 1.27 bits per heavy atom. The van der Waals surface area contributed by atoms with E-state index in [2.05, 4.69) is 33.5 Å². The van der Waals surface area contributed by atoms with E-state index in [4.69, 9.17) is 0 Å². The van der Waals surface area contributed by atoms with Crippen molar-refractivity contribution >= 4 is 24.0 Å². The van der Waals surface area contributed by atoms with Crippen LogP contribution in [0.15, 0.2) is 89.0 Å². The Kier molecular flexibility index (Phi) is 10.5. The molecule has 1 aromatic rings. The molecule has 33 heavy (non-hydrogen) atoms. The van der Waals surface area contributed by atoms with Gasteiger partial charge < -0.3 is 15.1 Å². The van der Waals surface area contributed by atoms with Crippen LogP contribution in [0.5, 0.6) is 0 Å². The van der Waals surface area contributed by atoms with Crippen LogP contribution in [0.4, 0.5) is 5.69 Å². The number of piperidine rings is 1. The summed E-state index contributed by atoms with van der Waals surface area (Å²) in [4.78, 5) is 31.7. The fraction of sp³-hybridized carbons (Fsp3) is 0.308. The number of likely N-dealkylation sites (N-methyl/N-ethyl adjacent to an activating group) is 1. The summed E-state index contributed by atoms with van der Waals surface area (Å²) in [6.45, 7) is 12.2. The first kappa shape index (κ1) is 25.5. The van der Waals surface area contributed by atoms with Crippen LogP contribution < -0.4 is 5.32 Å². The third-order valence-corrected chi connectivity index (χ3v) is 5.20. The number of benzene rings is 1. The molecule has 1 saturated heterocycles. The lowest BCUT2D eigenvalue weighted by atomic mass is 10.1. The standard InChI is InChI=1S/C26H33N5O2/c1-5-27-20-30(4)25(18-23-13-10-14-24(17-23)29-33)26(32)28-19-21(2)11-9-12-22(3)31-15-7-6-8-16-31/h5,9-14,17-18,20H,1,3,6-8,15-16,19H2,2,4H3,(H,28,32)/b12-9-,21-11+,25-18-,27-20?. The van der Waals surface area contributed by atoms with E-state index in [0.717, 1.165) is 24.4 Å². The molecule has 1 amide bonds. The van der Waals surface area contributed by atoms with Gasteiger partial charge in [0.1, 0.15) is 11.4 Å². The SMILES string of the molecule is C=CN=CN(C)/C(=C\c1cccc(N=O)c1)C(=O)NC/C(C)=C/C=C\C(=C)N1CCCCC1. The number of nitroso groups, excluding NO2 is 1. The molecule has 0 saturated carbocycles. The number of nitrogens with zero attached hydrogens (tertiary/aromatic N) is 4. The molecular weight excluding hydrogens is 414 g/mol. The predicted octanol–water partition coefficient (Wildman–Crippen LogP) is 5.15. The molecule has 1 aromatic carbocycles. The number of rotatable bonds is 11. The van der Waals surface area contributed by atoms with Gasteiger partial charge in [-0.25, -0.2) is 4.99 Å². The van der Waals surface area contributed by atoms with Crippen molar-refractivity contribution in [3.63, 3.8) is 0 Å². The average molecular weight is 448 g/mol. The maximum absolute atomic E-state index is 12.9. The van der Waals surface area contributed by atoms with Gasteiger partial charge >= 0.3 is 0 Å². The van der Waals surface area contributed by atoms with Crippen molar-refractivity contribution in [3.05, 3.63) is 89.3 Å². The Morgan fingerprint density at radius 3 is 2.73 bits per heavy atom. The Bertz CT molecular complexity index is 969. The number of allylic oxidation sites excluding steroid dienone is 3. The lowest BCUT2D eigenvalue weighted by Gasteiger charge is -2.28. The smallest absolute Gasteiger partial charge is 0.268 e. The third kappa shape index (κ3) is 8.73. The minimum absolute atomic E-state index is 0.271. The number of nitrogens with one attached hydrogen (secondary N) is 1. The predicted molar refractivity (Wildman–Crippen MR) is 137 cm³/mol. The number of amides is 1. The summed E-state index contributed by atoms with van der Waals surface area (Å²) in [7, 11) is 1.72. The van der Waals surface area contributed by atoms with Crippen LogP contribution >= 0.6 is 0 Å². The fourth-order valence-electron chi connectivity index (χ4n) is 3.35. The van der Waals surface area contributed by atoms with Crippen molar-refractivity contribution in [2.24, 2.45) is 10.2 Å². The first-order valence-corrected chi connectivity index (χ1v) is 11.0. The zero-order valence-corrected chi connectivity index (χ0v) is 19.5. The highest BCUT2D eigenvalue weighted by atomic mass is 16.3. The van der Waals surface area contributed by atoms with Crippen LogP contribution in [0.25, 0.3) is 6.08 Å². The van der Waals surface area contributed by atoms with Crippen molar-refractivity contribution in [2.75, 3.05) is 26.7 Å². The summed E-state index contributed by atoms with van der Waals surface area (Å²) >= 11 is 0. The van der Waals surface area contributed by atoms with Crippen molar-refractivity contribution in [3.8, 4) is 0 Å². The molecule has 7 nitrogen and oxygen atoms in total. The Balaban J connectivity index is 2.05. The highest BCUT2D eigenvalue weighted by Gasteiger charge is 2.14. The van der Waals surface area contributed by atoms with E-state index < -0.39 is 0 Å². The molecule has 1 fully saturated rings. The van der Waals surface area contributed by atoms with Crippen LogP contribution in [-0.2, 0) is 4.79 Å². The Labute approximate surface area is 196 Å². The maximum atomic E-state index is 12.9. The second-order valence-corrected chi connectivity index (χ2v) is 7.87. The monoisotopic (exact) mass is 447 g/mol. The normalized spacial score (nSPS) is 15.0. The summed E-state index contributed by atoms with van der Waals surface area (Å²) in [6.07, 6.45) is 14.2. The zero-order chi connectivity index (χ0) is 24.1. The van der Waals surface area contributed by atoms with E-state index in [-0.39, 0.29) is 5.91 Å². The third-order valence-electron chi connectivity index (χ3n) is 5.20. The molecule has 0 spiro atoms. The molecule has 1 aliphatic rings. The molecule has 174 valence electrons. The van der Waals surface area contributed by atoms with Gasteiger partial charge in [0.25, 0.3) is 5.91 Å². The highest BCUT2D eigenvalue weighted by Crippen LogP contribution is 2.17. The maximum Gasteiger partial charge on any atom is 0.268 e. The van der Waals surface area contributed by atoms with Gasteiger partial charge in [-0.2, -0.15) is 0 Å². The summed E-state index contributed by atoms with van der Waals surface area (Å²) in [5.74, 6) is -0.271. The van der Waals surface area contributed by atoms with Crippen molar-refractivity contribution in [1.82, 2.24) is 15.1 Å². The summed E-state index contributed by atoms with van der Waals surface area (Å²) in [5.41, 5.74) is 3.36. The second-order valence-electron chi connectivity index (χ2n) is 7.87. The number of carbonyl (C=O) groups is 1. The topological polar surface area (TPSA) is 77.4 Å². The van der Waals surface area contributed by atoms with Crippen LogP contribution in [0.3, 0.4) is 0 Å². The van der Waals surface area contributed by atoms with Gasteiger partial charge in [0, 0.05) is 38.6 Å². The first-order chi connectivity index (χ1) is 15.9. The number of hydrogen-bond donors (Lipinski definition) is 1. The van der Waals surface area contributed by atoms with Gasteiger partial charge in [-0.1, -0.05) is 43.0 Å². The summed E-state index contributed by atoms with van der Waals surface area (Å²) in [6, 6.07) is 6.73. The minimum Gasteiger partial charge on any atom is -0.372 e. The van der Waals surface area contributed by atoms with Crippen LogP contribution in [0, 0.1) is 4.91 Å². The van der Waals surface area contributed by atoms with E-state index >= 15 is 0 Å². The Morgan fingerprint density at radius 2 is 2.03 bits per heavy atom. The summed E-state index contributed by atoms with van der Waals surface area (Å²) < 4.78 is 0. The molecule has 7 heteroatoms. The van der Waals surface area contributed by atoms with E-state index in [1.165, 1.54) is 31.8 Å². The number of carbonyl (C=O) groups excluding carboxylic acids is 1. The van der Waals surface area contributed by atoms with Crippen LogP contribution in [0.2, 0.25) is 0 Å². The summed E-state index contributed by atoms with van der Waals surface area (Å²) in [5, 5.41) is 5.89. The van der Waals surface area contributed by atoms with E-state index in [9.17, 15) is 9.70 Å². The Hall–Kier alpha value is -3.74. The molecule has 0 aliphatic carbocycles. The second kappa shape index (κ2) is 13.6. The van der Waals surface area contributed by atoms with Crippen LogP contribution in [0.1, 0.15) is 31.7 Å². The van der Waals surface area contributed by atoms with Gasteiger partial charge in [-0.3, -0.25) is 4.79 Å². The highest BCUT2D eigenvalue weighted by molar-refractivity contribution is 5.99. The van der Waals surface area contributed by atoms with Crippen LogP contribution in [-0.4, -0.2) is 48.7 Å². The largest absolute Gasteiger partial charge is 0.372 e. The lowest BCUT2D eigenvalue weighted by Crippen LogP contribution is -2.33. The van der Waals surface area contributed by atoms with Gasteiger partial charge in [-0.15, -0.1) is 4.91 Å². The number of likely N-dealkylation sites (tertiary alicyclic amines) is 1. The molecular formula is C26H33N5O2. The van der Waals surface area contributed by atoms with Crippen molar-refractivity contribution in [1.29, 1.82) is 0 Å². The minimum atomic E-state index is -0.271. The van der Waals surface area contributed by atoms with E-state index in [1.54, 1.807) is 42.3 Å². The molecule has 0 radical (unpaired) electrons.